The van der Waals surface area contributed by atoms with Crippen LogP contribution >= 0.6 is 0 Å². The number of likely N-dealkylation sites (tertiary alicyclic amines) is 1. The highest BCUT2D eigenvalue weighted by Gasteiger charge is 2.37. The number of hydrogen-bond donors (Lipinski definition) is 2. The van der Waals surface area contributed by atoms with Crippen LogP contribution in [0.5, 0.6) is 5.75 Å². The first-order valence-corrected chi connectivity index (χ1v) is 13.9. The van der Waals surface area contributed by atoms with Crippen LogP contribution in [0.15, 0.2) is 36.5 Å². The maximum absolute atomic E-state index is 14.0. The Hall–Kier alpha value is -3.37. The first kappa shape index (κ1) is 30.6. The average Bonchev–Trinajstić information content (AvgIpc) is 2.92. The van der Waals surface area contributed by atoms with Gasteiger partial charge in [-0.15, -0.1) is 0 Å². The number of piperidine rings is 1. The fourth-order valence-corrected chi connectivity index (χ4v) is 5.98. The third-order valence-corrected chi connectivity index (χ3v) is 8.31. The van der Waals surface area contributed by atoms with Crippen molar-refractivity contribution in [2.75, 3.05) is 45.7 Å². The van der Waals surface area contributed by atoms with Crippen LogP contribution in [0.4, 0.5) is 18.9 Å². The minimum atomic E-state index is -0.936. The molecule has 0 aliphatic carbocycles. The van der Waals surface area contributed by atoms with Crippen LogP contribution in [-0.2, 0) is 11.2 Å². The van der Waals surface area contributed by atoms with Crippen LogP contribution in [0.3, 0.4) is 0 Å². The zero-order valence-electron chi connectivity index (χ0n) is 23.8. The molecule has 1 fully saturated rings. The van der Waals surface area contributed by atoms with Gasteiger partial charge in [0.15, 0.2) is 0 Å². The zero-order chi connectivity index (χ0) is 29.7. The highest BCUT2D eigenvalue weighted by Crippen LogP contribution is 2.43. The molecule has 0 bridgehead atoms. The van der Waals surface area contributed by atoms with Crippen LogP contribution in [0, 0.1) is 22.9 Å². The molecule has 222 valence electrons. The molecule has 1 aromatic heterocycles. The van der Waals surface area contributed by atoms with Gasteiger partial charge in [0.25, 0.3) is 0 Å². The highest BCUT2D eigenvalue weighted by molar-refractivity contribution is 5.88. The van der Waals surface area contributed by atoms with Crippen molar-refractivity contribution in [1.29, 1.82) is 0 Å². The summed E-state index contributed by atoms with van der Waals surface area (Å²) in [4.78, 5) is 20.5. The van der Waals surface area contributed by atoms with E-state index in [1.165, 1.54) is 0 Å². The van der Waals surface area contributed by atoms with Crippen molar-refractivity contribution >= 4 is 22.6 Å². The van der Waals surface area contributed by atoms with Crippen LogP contribution < -0.4 is 9.64 Å². The van der Waals surface area contributed by atoms with Gasteiger partial charge in [-0.25, -0.2) is 13.2 Å². The van der Waals surface area contributed by atoms with E-state index in [1.807, 2.05) is 37.2 Å². The average molecular weight is 574 g/mol. The Labute approximate surface area is 238 Å². The smallest absolute Gasteiger partial charge is 0.303 e. The summed E-state index contributed by atoms with van der Waals surface area (Å²) in [5.74, 6) is -2.91. The minimum absolute atomic E-state index is 0.00498. The Balaban J connectivity index is 1.43. The first-order valence-electron chi connectivity index (χ1n) is 13.9. The molecule has 7 nitrogen and oxygen atoms in total. The number of carbonyl (C=O) groups is 1. The fraction of sp³-hybridized carbons (Fsp3) is 0.484. The SMILES string of the molecule is COc1ccc2ncc(N(C)C)c([C@H](O)CCC3(CC(=O)O)CCN(CCCc4c(F)cc(F)cc4F)CC3)c2c1. The molecule has 3 aromatic rings. The monoisotopic (exact) mass is 573 g/mol. The summed E-state index contributed by atoms with van der Waals surface area (Å²) in [5, 5.41) is 22.0. The molecule has 0 amide bonds. The Morgan fingerprint density at radius 1 is 1.15 bits per heavy atom. The zero-order valence-corrected chi connectivity index (χ0v) is 23.8. The second-order valence-corrected chi connectivity index (χ2v) is 11.3. The largest absolute Gasteiger partial charge is 0.497 e. The standard InChI is InChI=1S/C31H38F3N3O4/c1-36(2)27-19-35-26-7-6-21(41-3)17-23(26)30(27)28(38)8-9-31(18-29(39)40)10-13-37(14-11-31)12-4-5-22-24(33)15-20(32)16-25(22)34/h6-7,15-17,19,28,38H,4-5,8-14,18H2,1-3H3,(H,39,40)/t28-/m1/s1. The van der Waals surface area contributed by atoms with Crippen LogP contribution in [-0.4, -0.2) is 66.9 Å². The summed E-state index contributed by atoms with van der Waals surface area (Å²) in [6.07, 6.45) is 3.74. The fourth-order valence-electron chi connectivity index (χ4n) is 5.98. The highest BCUT2D eigenvalue weighted by atomic mass is 19.1. The van der Waals surface area contributed by atoms with E-state index in [9.17, 15) is 28.2 Å². The van der Waals surface area contributed by atoms with Crippen molar-refractivity contribution in [1.82, 2.24) is 9.88 Å². The number of carboxylic acids is 1. The van der Waals surface area contributed by atoms with Gasteiger partial charge in [-0.1, -0.05) is 0 Å². The first-order chi connectivity index (χ1) is 19.5. The maximum Gasteiger partial charge on any atom is 0.303 e. The van der Waals surface area contributed by atoms with Gasteiger partial charge in [-0.05, 0) is 81.8 Å². The predicted octanol–water partition coefficient (Wildman–Crippen LogP) is 5.73. The Morgan fingerprint density at radius 2 is 1.83 bits per heavy atom. The number of hydrogen-bond acceptors (Lipinski definition) is 6. The van der Waals surface area contributed by atoms with E-state index in [-0.39, 0.29) is 18.4 Å². The molecular formula is C31H38F3N3O4. The van der Waals surface area contributed by atoms with Gasteiger partial charge >= 0.3 is 5.97 Å². The van der Waals surface area contributed by atoms with Crippen molar-refractivity contribution < 1.29 is 32.9 Å². The molecule has 0 saturated carbocycles. The lowest BCUT2D eigenvalue weighted by Crippen LogP contribution is -2.41. The summed E-state index contributed by atoms with van der Waals surface area (Å²) < 4.78 is 46.6. The van der Waals surface area contributed by atoms with Crippen molar-refractivity contribution in [2.24, 2.45) is 5.41 Å². The van der Waals surface area contributed by atoms with Gasteiger partial charge in [0, 0.05) is 42.7 Å². The predicted molar refractivity (Wildman–Crippen MR) is 152 cm³/mol. The molecule has 2 aromatic carbocycles. The number of methoxy groups -OCH3 is 1. The van der Waals surface area contributed by atoms with Gasteiger partial charge in [-0.3, -0.25) is 9.78 Å². The molecule has 2 N–H and O–H groups in total. The van der Waals surface area contributed by atoms with E-state index in [0.717, 1.165) is 22.2 Å². The van der Waals surface area contributed by atoms with E-state index in [1.54, 1.807) is 13.3 Å². The molecule has 0 spiro atoms. The molecule has 2 heterocycles. The van der Waals surface area contributed by atoms with Crippen LogP contribution in [0.25, 0.3) is 10.9 Å². The lowest BCUT2D eigenvalue weighted by molar-refractivity contribution is -0.141. The summed E-state index contributed by atoms with van der Waals surface area (Å²) >= 11 is 0. The van der Waals surface area contributed by atoms with Gasteiger partial charge in [-0.2, -0.15) is 0 Å². The van der Waals surface area contributed by atoms with Crippen LogP contribution in [0.2, 0.25) is 0 Å². The molecule has 0 unspecified atom stereocenters. The third kappa shape index (κ3) is 7.29. The number of fused-ring (bicyclic) bond motifs is 1. The number of anilines is 1. The second kappa shape index (κ2) is 13.1. The molecule has 1 saturated heterocycles. The Bertz CT molecular complexity index is 1350. The van der Waals surface area contributed by atoms with E-state index in [2.05, 4.69) is 9.88 Å². The minimum Gasteiger partial charge on any atom is -0.497 e. The second-order valence-electron chi connectivity index (χ2n) is 11.3. The van der Waals surface area contributed by atoms with Gasteiger partial charge in [0.1, 0.15) is 23.2 Å². The van der Waals surface area contributed by atoms with Gasteiger partial charge < -0.3 is 24.7 Å². The van der Waals surface area contributed by atoms with Gasteiger partial charge in [0.05, 0.1) is 37.0 Å². The number of ether oxygens (including phenoxy) is 1. The normalized spacial score (nSPS) is 16.1. The Kier molecular flexibility index (Phi) is 9.76. The number of rotatable bonds is 12. The van der Waals surface area contributed by atoms with Crippen molar-refractivity contribution in [3.8, 4) is 5.75 Å². The number of aliphatic carboxylic acids is 1. The molecule has 0 radical (unpaired) electrons. The third-order valence-electron chi connectivity index (χ3n) is 8.31. The van der Waals surface area contributed by atoms with Crippen molar-refractivity contribution in [3.63, 3.8) is 0 Å². The summed E-state index contributed by atoms with van der Waals surface area (Å²) in [5.41, 5.74) is 1.67. The molecule has 4 rings (SSSR count). The van der Waals surface area contributed by atoms with Crippen LogP contribution in [0.1, 0.15) is 55.8 Å². The summed E-state index contributed by atoms with van der Waals surface area (Å²) in [6, 6.07) is 6.93. The maximum atomic E-state index is 14.0. The van der Waals surface area contributed by atoms with Crippen molar-refractivity contribution in [2.45, 2.75) is 51.0 Å². The molecule has 1 aliphatic rings. The quantitative estimate of drug-likeness (QED) is 0.286. The molecule has 1 aliphatic heterocycles. The van der Waals surface area contributed by atoms with Crippen molar-refractivity contribution in [3.05, 3.63) is 65.1 Å². The number of aromatic nitrogens is 1. The number of nitrogens with zero attached hydrogens (tertiary/aromatic N) is 3. The van der Waals surface area contributed by atoms with E-state index in [4.69, 9.17) is 4.74 Å². The van der Waals surface area contributed by atoms with E-state index >= 15 is 0 Å². The number of aliphatic hydroxyl groups is 1. The molecule has 1 atom stereocenters. The number of aliphatic hydroxyl groups excluding tert-OH is 1. The Morgan fingerprint density at radius 3 is 2.44 bits per heavy atom. The summed E-state index contributed by atoms with van der Waals surface area (Å²) in [6.45, 7) is 1.89. The van der Waals surface area contributed by atoms with E-state index in [0.29, 0.717) is 69.6 Å². The lowest BCUT2D eigenvalue weighted by atomic mass is 9.71. The molecular weight excluding hydrogens is 535 g/mol. The number of halogens is 3. The topological polar surface area (TPSA) is 86.1 Å². The lowest BCUT2D eigenvalue weighted by Gasteiger charge is -2.42. The molecule has 41 heavy (non-hydrogen) atoms. The summed E-state index contributed by atoms with van der Waals surface area (Å²) in [7, 11) is 5.36. The van der Waals surface area contributed by atoms with Gasteiger partial charge in [0.2, 0.25) is 0 Å². The number of carboxylic acid groups (broad SMARTS) is 1. The van der Waals surface area contributed by atoms with E-state index < -0.39 is 34.9 Å². The number of benzene rings is 2. The molecule has 10 heteroatoms. The number of pyridine rings is 1.